The van der Waals surface area contributed by atoms with Crippen LogP contribution in [-0.4, -0.2) is 4.57 Å². The van der Waals surface area contributed by atoms with Crippen molar-refractivity contribution in [2.24, 2.45) is 0 Å². The van der Waals surface area contributed by atoms with Gasteiger partial charge in [0.05, 0.1) is 11.0 Å². The molecule has 10 aromatic rings. The molecule has 0 fully saturated rings. The standard InChI is InChI=1S/C45H29NOS/c1-2-12-29(13-3-1)22-24-32(30-23-25-44-37(26-30)36-17-7-11-21-43(36)48-44)38-27-31(28-39-35-16-6-10-20-42(35)47-45(38)39)46-40-18-8-4-14-33(40)34-15-5-9-19-41(34)46/h1-21,23-28H,22H2/b32-24+. The van der Waals surface area contributed by atoms with Gasteiger partial charge in [-0.05, 0) is 71.7 Å². The molecule has 0 saturated heterocycles. The zero-order valence-corrected chi connectivity index (χ0v) is 26.9. The zero-order valence-electron chi connectivity index (χ0n) is 26.1. The minimum Gasteiger partial charge on any atom is -0.455 e. The van der Waals surface area contributed by atoms with Crippen LogP contribution in [0, 0.1) is 0 Å². The lowest BCUT2D eigenvalue weighted by atomic mass is 9.92. The van der Waals surface area contributed by atoms with Crippen LogP contribution >= 0.6 is 11.3 Å². The molecule has 0 radical (unpaired) electrons. The summed E-state index contributed by atoms with van der Waals surface area (Å²) >= 11 is 1.86. The summed E-state index contributed by atoms with van der Waals surface area (Å²) in [6, 6.07) is 56.9. The van der Waals surface area contributed by atoms with E-state index in [1.807, 2.05) is 11.3 Å². The number of fused-ring (bicyclic) bond motifs is 9. The van der Waals surface area contributed by atoms with Crippen LogP contribution in [0.25, 0.3) is 75.2 Å². The van der Waals surface area contributed by atoms with Crippen molar-refractivity contribution in [1.29, 1.82) is 0 Å². The second-order valence-electron chi connectivity index (χ2n) is 12.5. The molecule has 3 heteroatoms. The predicted octanol–water partition coefficient (Wildman–Crippen LogP) is 12.7. The average molecular weight is 632 g/mol. The number of furan rings is 1. The average Bonchev–Trinajstić information content (AvgIpc) is 3.82. The summed E-state index contributed by atoms with van der Waals surface area (Å²) < 4.78 is 11.8. The summed E-state index contributed by atoms with van der Waals surface area (Å²) in [6.07, 6.45) is 3.20. The largest absolute Gasteiger partial charge is 0.455 e. The SMILES string of the molecule is C(/Cc1ccccc1)=C(/c1ccc2sc3ccccc3c2c1)c1cc(-n2c3ccccc3c3ccccc32)cc2c1oc1ccccc12. The fourth-order valence-electron chi connectivity index (χ4n) is 7.45. The zero-order chi connectivity index (χ0) is 31.6. The van der Waals surface area contributed by atoms with Crippen LogP contribution in [0.4, 0.5) is 0 Å². The van der Waals surface area contributed by atoms with Crippen molar-refractivity contribution in [3.05, 3.63) is 180 Å². The van der Waals surface area contributed by atoms with Gasteiger partial charge in [0.25, 0.3) is 0 Å². The highest BCUT2D eigenvalue weighted by Gasteiger charge is 2.20. The van der Waals surface area contributed by atoms with Crippen LogP contribution in [0.5, 0.6) is 0 Å². The van der Waals surface area contributed by atoms with E-state index in [1.165, 1.54) is 58.7 Å². The highest BCUT2D eigenvalue weighted by Crippen LogP contribution is 2.42. The Morgan fingerprint density at radius 3 is 1.98 bits per heavy atom. The summed E-state index contributed by atoms with van der Waals surface area (Å²) in [7, 11) is 0. The number of hydrogen-bond donors (Lipinski definition) is 0. The van der Waals surface area contributed by atoms with Crippen LogP contribution < -0.4 is 0 Å². The van der Waals surface area contributed by atoms with Crippen molar-refractivity contribution in [3.63, 3.8) is 0 Å². The number of para-hydroxylation sites is 3. The molecule has 0 aliphatic carbocycles. The van der Waals surface area contributed by atoms with E-state index < -0.39 is 0 Å². The van der Waals surface area contributed by atoms with Crippen LogP contribution in [0.15, 0.2) is 168 Å². The Hall–Kier alpha value is -5.90. The number of benzene rings is 7. The highest BCUT2D eigenvalue weighted by molar-refractivity contribution is 7.25. The molecule has 0 amide bonds. The second kappa shape index (κ2) is 10.8. The quantitative estimate of drug-likeness (QED) is 0.185. The van der Waals surface area contributed by atoms with Gasteiger partial charge in [0, 0.05) is 53.0 Å². The third-order valence-corrected chi connectivity index (χ3v) is 10.8. The molecule has 0 aliphatic heterocycles. The molecule has 0 spiro atoms. The van der Waals surface area contributed by atoms with Crippen molar-refractivity contribution in [1.82, 2.24) is 4.57 Å². The normalized spacial score (nSPS) is 12.4. The molecule has 2 nitrogen and oxygen atoms in total. The Bertz CT molecular complexity index is 2810. The van der Waals surface area contributed by atoms with Crippen molar-refractivity contribution in [3.8, 4) is 5.69 Å². The van der Waals surface area contributed by atoms with Gasteiger partial charge in [0.1, 0.15) is 11.2 Å². The van der Waals surface area contributed by atoms with Crippen LogP contribution in [-0.2, 0) is 6.42 Å². The molecule has 0 saturated carbocycles. The number of thiophene rings is 1. The third kappa shape index (κ3) is 4.25. The maximum absolute atomic E-state index is 6.78. The molecule has 0 unspecified atom stereocenters. The van der Waals surface area contributed by atoms with Crippen LogP contribution in [0.3, 0.4) is 0 Å². The fraction of sp³-hybridized carbons (Fsp3) is 0.0222. The Balaban J connectivity index is 1.30. The molecule has 3 aromatic heterocycles. The second-order valence-corrected chi connectivity index (χ2v) is 13.5. The van der Waals surface area contributed by atoms with Crippen molar-refractivity contribution < 1.29 is 4.42 Å². The van der Waals surface area contributed by atoms with Gasteiger partial charge in [0.15, 0.2) is 0 Å². The number of rotatable bonds is 5. The van der Waals surface area contributed by atoms with Gasteiger partial charge in [-0.2, -0.15) is 0 Å². The van der Waals surface area contributed by atoms with Crippen LogP contribution in [0.1, 0.15) is 16.7 Å². The number of aromatic nitrogens is 1. The summed E-state index contributed by atoms with van der Waals surface area (Å²) in [5.74, 6) is 0. The first-order chi connectivity index (χ1) is 23.8. The summed E-state index contributed by atoms with van der Waals surface area (Å²) in [6.45, 7) is 0. The minimum absolute atomic E-state index is 0.805. The Kier molecular flexibility index (Phi) is 6.15. The van der Waals surface area contributed by atoms with E-state index in [2.05, 4.69) is 168 Å². The summed E-state index contributed by atoms with van der Waals surface area (Å²) in [4.78, 5) is 0. The number of allylic oxidation sites excluding steroid dienone is 1. The van der Waals surface area contributed by atoms with E-state index in [0.29, 0.717) is 0 Å². The van der Waals surface area contributed by atoms with E-state index in [1.54, 1.807) is 0 Å². The van der Waals surface area contributed by atoms with E-state index in [9.17, 15) is 0 Å². The molecule has 0 atom stereocenters. The van der Waals surface area contributed by atoms with Crippen LogP contribution in [0.2, 0.25) is 0 Å². The third-order valence-electron chi connectivity index (χ3n) is 9.66. The van der Waals surface area contributed by atoms with Crippen molar-refractivity contribution in [2.75, 3.05) is 0 Å². The van der Waals surface area contributed by atoms with Gasteiger partial charge in [-0.25, -0.2) is 0 Å². The van der Waals surface area contributed by atoms with E-state index >= 15 is 0 Å². The Morgan fingerprint density at radius 2 is 1.19 bits per heavy atom. The van der Waals surface area contributed by atoms with Crippen molar-refractivity contribution in [2.45, 2.75) is 6.42 Å². The lowest BCUT2D eigenvalue weighted by molar-refractivity contribution is 0.667. The van der Waals surface area contributed by atoms with E-state index in [4.69, 9.17) is 4.42 Å². The molecule has 226 valence electrons. The van der Waals surface area contributed by atoms with Crippen molar-refractivity contribution >= 4 is 80.8 Å². The smallest absolute Gasteiger partial charge is 0.143 e. The lowest BCUT2D eigenvalue weighted by Gasteiger charge is -2.15. The van der Waals surface area contributed by atoms with Gasteiger partial charge in [-0.1, -0.05) is 115 Å². The van der Waals surface area contributed by atoms with Gasteiger partial charge >= 0.3 is 0 Å². The molecule has 0 aliphatic rings. The summed E-state index contributed by atoms with van der Waals surface area (Å²) in [5, 5.41) is 7.33. The van der Waals surface area contributed by atoms with E-state index in [0.717, 1.165) is 39.6 Å². The fourth-order valence-corrected chi connectivity index (χ4v) is 8.54. The molecular weight excluding hydrogens is 603 g/mol. The molecule has 10 rings (SSSR count). The molecule has 3 heterocycles. The monoisotopic (exact) mass is 631 g/mol. The van der Waals surface area contributed by atoms with Gasteiger partial charge in [-0.3, -0.25) is 0 Å². The lowest BCUT2D eigenvalue weighted by Crippen LogP contribution is -1.98. The topological polar surface area (TPSA) is 18.1 Å². The number of hydrogen-bond acceptors (Lipinski definition) is 2. The van der Waals surface area contributed by atoms with Gasteiger partial charge in [-0.15, -0.1) is 11.3 Å². The number of nitrogens with zero attached hydrogens (tertiary/aromatic N) is 1. The molecule has 0 bridgehead atoms. The molecule has 0 N–H and O–H groups in total. The molecule has 48 heavy (non-hydrogen) atoms. The Labute approximate surface area is 281 Å². The first kappa shape index (κ1) is 27.2. The minimum atomic E-state index is 0.805. The van der Waals surface area contributed by atoms with Gasteiger partial charge < -0.3 is 8.98 Å². The maximum Gasteiger partial charge on any atom is 0.143 e. The predicted molar refractivity (Wildman–Crippen MR) is 205 cm³/mol. The molecular formula is C45H29NOS. The van der Waals surface area contributed by atoms with E-state index in [-0.39, 0.29) is 0 Å². The maximum atomic E-state index is 6.78. The molecule has 7 aromatic carbocycles. The Morgan fingerprint density at radius 1 is 0.542 bits per heavy atom. The highest BCUT2D eigenvalue weighted by atomic mass is 32.1. The first-order valence-corrected chi connectivity index (χ1v) is 17.2. The summed E-state index contributed by atoms with van der Waals surface area (Å²) in [5.41, 5.74) is 10.0. The van der Waals surface area contributed by atoms with Gasteiger partial charge in [0.2, 0.25) is 0 Å². The first-order valence-electron chi connectivity index (χ1n) is 16.4.